The predicted molar refractivity (Wildman–Crippen MR) is 115 cm³/mol. The van der Waals surface area contributed by atoms with Crippen molar-refractivity contribution in [1.82, 2.24) is 10.6 Å². The maximum Gasteiger partial charge on any atom is 0.262 e. The topological polar surface area (TPSA) is 76.7 Å². The first kappa shape index (κ1) is 20.0. The first-order chi connectivity index (χ1) is 14.6. The Labute approximate surface area is 178 Å². The van der Waals surface area contributed by atoms with Crippen LogP contribution >= 0.6 is 11.3 Å². The third-order valence-corrected chi connectivity index (χ3v) is 5.77. The molecule has 0 saturated heterocycles. The van der Waals surface area contributed by atoms with Gasteiger partial charge in [-0.1, -0.05) is 42.5 Å². The molecule has 0 fully saturated rings. The monoisotopic (exact) mass is 422 g/mol. The van der Waals surface area contributed by atoms with Crippen LogP contribution in [0.3, 0.4) is 0 Å². The summed E-state index contributed by atoms with van der Waals surface area (Å²) in [5.74, 6) is 0.869. The first-order valence-corrected chi connectivity index (χ1v) is 10.6. The number of rotatable bonds is 7. The summed E-state index contributed by atoms with van der Waals surface area (Å²) in [5, 5.41) is 7.73. The molecular weight excluding hydrogens is 400 g/mol. The van der Waals surface area contributed by atoms with Crippen molar-refractivity contribution in [2.45, 2.75) is 25.4 Å². The normalized spacial score (nSPS) is 14.0. The summed E-state index contributed by atoms with van der Waals surface area (Å²) in [7, 11) is 0. The number of benzene rings is 2. The number of thiophene rings is 1. The Morgan fingerprint density at radius 2 is 1.80 bits per heavy atom. The third-order valence-electron chi connectivity index (χ3n) is 4.90. The van der Waals surface area contributed by atoms with Gasteiger partial charge in [-0.2, -0.15) is 0 Å². The summed E-state index contributed by atoms with van der Waals surface area (Å²) in [6.45, 7) is 2.10. The van der Waals surface area contributed by atoms with Crippen molar-refractivity contribution in [1.29, 1.82) is 0 Å². The van der Waals surface area contributed by atoms with Crippen LogP contribution < -0.4 is 20.1 Å². The molecule has 0 bridgehead atoms. The van der Waals surface area contributed by atoms with Gasteiger partial charge < -0.3 is 20.1 Å². The fraction of sp³-hybridized carbons (Fsp3) is 0.217. The zero-order chi connectivity index (χ0) is 20.9. The number of hydrogen-bond donors (Lipinski definition) is 2. The van der Waals surface area contributed by atoms with Crippen molar-refractivity contribution < 1.29 is 19.1 Å². The molecule has 2 aromatic carbocycles. The van der Waals surface area contributed by atoms with Crippen molar-refractivity contribution in [3.8, 4) is 11.5 Å². The zero-order valence-electron chi connectivity index (χ0n) is 16.5. The van der Waals surface area contributed by atoms with E-state index in [1.165, 1.54) is 11.3 Å². The van der Waals surface area contributed by atoms with Crippen molar-refractivity contribution in [2.75, 3.05) is 6.79 Å². The number of hydrogen-bond acceptors (Lipinski definition) is 5. The van der Waals surface area contributed by atoms with Gasteiger partial charge >= 0.3 is 0 Å². The van der Waals surface area contributed by atoms with Crippen LogP contribution in [0.25, 0.3) is 0 Å². The lowest BCUT2D eigenvalue weighted by Gasteiger charge is -2.22. The van der Waals surface area contributed by atoms with Crippen LogP contribution in [0.2, 0.25) is 0 Å². The standard InChI is InChI=1S/C23H22N2O4S/c1-15(17-9-10-19-20(13-17)29-14-28-19)24-22(26)18(12-16-6-3-2-4-7-16)25-23(27)21-8-5-11-30-21/h2-11,13,15,18H,12,14H2,1H3,(H,24,26)(H,25,27). The number of carbonyl (C=O) groups excluding carboxylic acids is 2. The SMILES string of the molecule is CC(NC(=O)C(Cc1ccccc1)NC(=O)c1cccs1)c1ccc2c(c1)OCO2. The number of carbonyl (C=O) groups is 2. The van der Waals surface area contributed by atoms with Crippen LogP contribution in [0.15, 0.2) is 66.0 Å². The van der Waals surface area contributed by atoms with E-state index in [2.05, 4.69) is 10.6 Å². The molecule has 0 radical (unpaired) electrons. The van der Waals surface area contributed by atoms with E-state index in [0.717, 1.165) is 11.1 Å². The molecular formula is C23H22N2O4S. The summed E-state index contributed by atoms with van der Waals surface area (Å²) in [4.78, 5) is 26.2. The molecule has 30 heavy (non-hydrogen) atoms. The van der Waals surface area contributed by atoms with Gasteiger partial charge in [0.1, 0.15) is 6.04 Å². The molecule has 2 heterocycles. The number of amides is 2. The second kappa shape index (κ2) is 9.00. The molecule has 2 N–H and O–H groups in total. The Kier molecular flexibility index (Phi) is 5.99. The van der Waals surface area contributed by atoms with Gasteiger partial charge in [-0.05, 0) is 41.6 Å². The van der Waals surface area contributed by atoms with E-state index in [0.29, 0.717) is 22.8 Å². The fourth-order valence-electron chi connectivity index (χ4n) is 3.28. The van der Waals surface area contributed by atoms with Gasteiger partial charge in [0.25, 0.3) is 5.91 Å². The minimum absolute atomic E-state index is 0.202. The van der Waals surface area contributed by atoms with Crippen molar-refractivity contribution in [3.63, 3.8) is 0 Å². The van der Waals surface area contributed by atoms with E-state index in [9.17, 15) is 9.59 Å². The van der Waals surface area contributed by atoms with Crippen LogP contribution in [0.1, 0.15) is 33.8 Å². The molecule has 7 heteroatoms. The Morgan fingerprint density at radius 3 is 2.57 bits per heavy atom. The lowest BCUT2D eigenvalue weighted by Crippen LogP contribution is -2.48. The van der Waals surface area contributed by atoms with Crippen molar-refractivity contribution in [3.05, 3.63) is 82.0 Å². The molecule has 0 spiro atoms. The van der Waals surface area contributed by atoms with E-state index >= 15 is 0 Å². The van der Waals surface area contributed by atoms with E-state index < -0.39 is 6.04 Å². The number of fused-ring (bicyclic) bond motifs is 1. The molecule has 1 aromatic heterocycles. The third kappa shape index (κ3) is 4.63. The smallest absolute Gasteiger partial charge is 0.262 e. The van der Waals surface area contributed by atoms with Gasteiger partial charge in [0.2, 0.25) is 12.7 Å². The Bertz CT molecular complexity index is 1020. The molecule has 0 saturated carbocycles. The molecule has 1 aliphatic heterocycles. The lowest BCUT2D eigenvalue weighted by atomic mass is 10.0. The van der Waals surface area contributed by atoms with E-state index in [1.807, 2.05) is 66.9 Å². The van der Waals surface area contributed by atoms with E-state index in [-0.39, 0.29) is 24.6 Å². The minimum atomic E-state index is -0.696. The number of ether oxygens (including phenoxy) is 2. The summed E-state index contributed by atoms with van der Waals surface area (Å²) in [6, 6.07) is 17.8. The summed E-state index contributed by atoms with van der Waals surface area (Å²) >= 11 is 1.34. The molecule has 4 rings (SSSR count). The van der Waals surface area contributed by atoms with Gasteiger partial charge in [0.15, 0.2) is 11.5 Å². The fourth-order valence-corrected chi connectivity index (χ4v) is 3.90. The largest absolute Gasteiger partial charge is 0.454 e. The van der Waals surface area contributed by atoms with E-state index in [4.69, 9.17) is 9.47 Å². The highest BCUT2D eigenvalue weighted by atomic mass is 32.1. The Hall–Kier alpha value is -3.32. The zero-order valence-corrected chi connectivity index (χ0v) is 17.3. The van der Waals surface area contributed by atoms with Gasteiger partial charge in [-0.25, -0.2) is 0 Å². The summed E-state index contributed by atoms with van der Waals surface area (Å²) in [6.07, 6.45) is 0.400. The van der Waals surface area contributed by atoms with Gasteiger partial charge in [0.05, 0.1) is 10.9 Å². The average Bonchev–Trinajstić information content (AvgIpc) is 3.45. The Balaban J connectivity index is 1.48. The van der Waals surface area contributed by atoms with Crippen LogP contribution in [0.4, 0.5) is 0 Å². The van der Waals surface area contributed by atoms with Crippen LogP contribution in [-0.4, -0.2) is 24.6 Å². The van der Waals surface area contributed by atoms with Crippen molar-refractivity contribution >= 4 is 23.2 Å². The van der Waals surface area contributed by atoms with Gasteiger partial charge in [-0.3, -0.25) is 9.59 Å². The average molecular weight is 423 g/mol. The highest BCUT2D eigenvalue weighted by molar-refractivity contribution is 7.12. The first-order valence-electron chi connectivity index (χ1n) is 9.68. The van der Waals surface area contributed by atoms with Crippen LogP contribution in [0, 0.1) is 0 Å². The predicted octanol–water partition coefficient (Wildman–Crippen LogP) is 3.70. The van der Waals surface area contributed by atoms with Crippen molar-refractivity contribution in [2.24, 2.45) is 0 Å². The maximum atomic E-state index is 13.1. The molecule has 2 unspecified atom stereocenters. The second-order valence-corrected chi connectivity index (χ2v) is 7.98. The molecule has 1 aliphatic rings. The number of nitrogens with one attached hydrogen (secondary N) is 2. The minimum Gasteiger partial charge on any atom is -0.454 e. The highest BCUT2D eigenvalue weighted by Crippen LogP contribution is 2.34. The maximum absolute atomic E-state index is 13.1. The summed E-state index contributed by atoms with van der Waals surface area (Å²) in [5.41, 5.74) is 1.87. The van der Waals surface area contributed by atoms with Crippen LogP contribution in [-0.2, 0) is 11.2 Å². The van der Waals surface area contributed by atoms with Gasteiger partial charge in [0, 0.05) is 6.42 Å². The van der Waals surface area contributed by atoms with E-state index in [1.54, 1.807) is 6.07 Å². The quantitative estimate of drug-likeness (QED) is 0.609. The van der Waals surface area contributed by atoms with Gasteiger partial charge in [-0.15, -0.1) is 11.3 Å². The highest BCUT2D eigenvalue weighted by Gasteiger charge is 2.24. The molecule has 154 valence electrons. The molecule has 2 amide bonds. The molecule has 0 aliphatic carbocycles. The molecule has 3 aromatic rings. The summed E-state index contributed by atoms with van der Waals surface area (Å²) < 4.78 is 10.8. The Morgan fingerprint density at radius 1 is 1.00 bits per heavy atom. The lowest BCUT2D eigenvalue weighted by molar-refractivity contribution is -0.123. The molecule has 2 atom stereocenters. The van der Waals surface area contributed by atoms with Crippen LogP contribution in [0.5, 0.6) is 11.5 Å². The second-order valence-electron chi connectivity index (χ2n) is 7.04. The molecule has 6 nitrogen and oxygen atoms in total.